The van der Waals surface area contributed by atoms with Crippen LogP contribution in [0.5, 0.6) is 0 Å². The molecule has 3 atom stereocenters. The average molecular weight is 321 g/mol. The van der Waals surface area contributed by atoms with Gasteiger partial charge in [0.2, 0.25) is 5.91 Å². The van der Waals surface area contributed by atoms with Crippen molar-refractivity contribution in [3.63, 3.8) is 0 Å². The van der Waals surface area contributed by atoms with Crippen molar-refractivity contribution in [2.45, 2.75) is 57.2 Å². The van der Waals surface area contributed by atoms with Crippen LogP contribution < -0.4 is 5.32 Å². The molecule has 2 fully saturated rings. The predicted molar refractivity (Wildman–Crippen MR) is 89.9 cm³/mol. The van der Waals surface area contributed by atoms with Crippen molar-refractivity contribution in [2.24, 2.45) is 5.92 Å². The maximum absolute atomic E-state index is 12.6. The summed E-state index contributed by atoms with van der Waals surface area (Å²) in [6.45, 7) is 2.05. The molecule has 2 aliphatic heterocycles. The largest absolute Gasteiger partial charge is 0.339 e. The van der Waals surface area contributed by atoms with Crippen molar-refractivity contribution in [1.82, 2.24) is 10.2 Å². The zero-order valence-electron chi connectivity index (χ0n) is 13.4. The molecule has 1 aromatic rings. The van der Waals surface area contributed by atoms with Gasteiger partial charge in [-0.2, -0.15) is 0 Å². The summed E-state index contributed by atoms with van der Waals surface area (Å²) in [6, 6.07) is 9.08. The Balaban J connectivity index is 1.61. The van der Waals surface area contributed by atoms with E-state index in [0.717, 1.165) is 23.4 Å². The van der Waals surface area contributed by atoms with Gasteiger partial charge in [-0.1, -0.05) is 29.8 Å². The van der Waals surface area contributed by atoms with Crippen LogP contribution in [0.15, 0.2) is 24.3 Å². The van der Waals surface area contributed by atoms with Crippen molar-refractivity contribution < 1.29 is 4.79 Å². The van der Waals surface area contributed by atoms with Gasteiger partial charge in [0.1, 0.15) is 0 Å². The lowest BCUT2D eigenvalue weighted by Crippen LogP contribution is -2.40. The molecule has 3 nitrogen and oxygen atoms in total. The molecular formula is C18H25ClN2O. The van der Waals surface area contributed by atoms with Crippen LogP contribution in [-0.4, -0.2) is 29.9 Å². The second-order valence-electron chi connectivity index (χ2n) is 6.88. The molecule has 22 heavy (non-hydrogen) atoms. The number of benzene rings is 1. The summed E-state index contributed by atoms with van der Waals surface area (Å²) in [5.74, 6) is 0.769. The summed E-state index contributed by atoms with van der Waals surface area (Å²) in [5, 5.41) is 4.37. The van der Waals surface area contributed by atoms with Gasteiger partial charge >= 0.3 is 0 Å². The van der Waals surface area contributed by atoms with Gasteiger partial charge in [0.05, 0.1) is 6.04 Å². The van der Waals surface area contributed by atoms with Gasteiger partial charge in [0, 0.05) is 30.6 Å². The van der Waals surface area contributed by atoms with E-state index in [1.807, 2.05) is 43.1 Å². The maximum Gasteiger partial charge on any atom is 0.223 e. The molecule has 1 N–H and O–H groups in total. The van der Waals surface area contributed by atoms with Crippen LogP contribution in [0.2, 0.25) is 5.02 Å². The van der Waals surface area contributed by atoms with E-state index in [9.17, 15) is 4.79 Å². The number of nitrogens with one attached hydrogen (secondary N) is 1. The van der Waals surface area contributed by atoms with Gasteiger partial charge in [-0.15, -0.1) is 0 Å². The molecule has 1 aromatic carbocycles. The molecule has 0 aromatic heterocycles. The molecule has 1 amide bonds. The van der Waals surface area contributed by atoms with Crippen molar-refractivity contribution >= 4 is 17.5 Å². The Morgan fingerprint density at radius 1 is 1.32 bits per heavy atom. The molecule has 4 heteroatoms. The molecule has 0 saturated carbocycles. The van der Waals surface area contributed by atoms with Gasteiger partial charge in [0.25, 0.3) is 0 Å². The molecule has 0 spiro atoms. The third-order valence-electron chi connectivity index (χ3n) is 5.36. The minimum atomic E-state index is 0.0136. The first-order valence-corrected chi connectivity index (χ1v) is 8.68. The minimum Gasteiger partial charge on any atom is -0.339 e. The summed E-state index contributed by atoms with van der Waals surface area (Å²) in [6.07, 6.45) is 5.52. The number of amides is 1. The lowest BCUT2D eigenvalue weighted by atomic mass is 9.89. The normalized spacial score (nSPS) is 28.4. The number of nitrogens with zero attached hydrogens (tertiary/aromatic N) is 1. The van der Waals surface area contributed by atoms with E-state index in [2.05, 4.69) is 5.32 Å². The predicted octanol–water partition coefficient (Wildman–Crippen LogP) is 3.78. The SMILES string of the molecule is CC(c1ccccc1Cl)N(C)C(=O)CC1CC2CCC(C1)N2. The van der Waals surface area contributed by atoms with Crippen LogP contribution in [-0.2, 0) is 4.79 Å². The van der Waals surface area contributed by atoms with Gasteiger partial charge < -0.3 is 10.2 Å². The molecular weight excluding hydrogens is 296 g/mol. The molecule has 3 rings (SSSR count). The number of carbonyl (C=O) groups is 1. The minimum absolute atomic E-state index is 0.0136. The first-order valence-electron chi connectivity index (χ1n) is 8.30. The number of halogens is 1. The van der Waals surface area contributed by atoms with E-state index in [-0.39, 0.29) is 11.9 Å². The van der Waals surface area contributed by atoms with E-state index < -0.39 is 0 Å². The topological polar surface area (TPSA) is 32.3 Å². The lowest BCUT2D eigenvalue weighted by molar-refractivity contribution is -0.133. The summed E-state index contributed by atoms with van der Waals surface area (Å²) < 4.78 is 0. The summed E-state index contributed by atoms with van der Waals surface area (Å²) >= 11 is 6.26. The first-order chi connectivity index (χ1) is 10.5. The Bertz CT molecular complexity index is 536. The van der Waals surface area contributed by atoms with Crippen LogP contribution >= 0.6 is 11.6 Å². The molecule has 2 bridgehead atoms. The third kappa shape index (κ3) is 3.31. The van der Waals surface area contributed by atoms with Crippen molar-refractivity contribution in [2.75, 3.05) is 7.05 Å². The average Bonchev–Trinajstić information content (AvgIpc) is 2.85. The zero-order chi connectivity index (χ0) is 15.7. The molecule has 0 aliphatic carbocycles. The zero-order valence-corrected chi connectivity index (χ0v) is 14.1. The summed E-state index contributed by atoms with van der Waals surface area (Å²) in [5.41, 5.74) is 1.02. The number of carbonyl (C=O) groups excluding carboxylic acids is 1. The Kier molecular flexibility index (Phi) is 4.74. The standard InChI is InChI=1S/C18H25ClN2O/c1-12(16-5-3-4-6-17(16)19)21(2)18(22)11-13-9-14-7-8-15(10-13)20-14/h3-6,12-15,20H,7-11H2,1-2H3. The summed E-state index contributed by atoms with van der Waals surface area (Å²) in [7, 11) is 1.89. The number of hydrogen-bond donors (Lipinski definition) is 1. The highest BCUT2D eigenvalue weighted by Crippen LogP contribution is 2.34. The Morgan fingerprint density at radius 2 is 1.95 bits per heavy atom. The van der Waals surface area contributed by atoms with Crippen molar-refractivity contribution in [3.8, 4) is 0 Å². The Morgan fingerprint density at radius 3 is 2.59 bits per heavy atom. The van der Waals surface area contributed by atoms with Gasteiger partial charge in [0.15, 0.2) is 0 Å². The molecule has 2 heterocycles. The van der Waals surface area contributed by atoms with E-state index in [1.54, 1.807) is 0 Å². The van der Waals surface area contributed by atoms with Crippen LogP contribution in [0.25, 0.3) is 0 Å². The Labute approximate surface area is 138 Å². The fourth-order valence-electron chi connectivity index (χ4n) is 3.97. The van der Waals surface area contributed by atoms with Crippen LogP contribution in [0, 0.1) is 5.92 Å². The first kappa shape index (κ1) is 15.8. The van der Waals surface area contributed by atoms with Gasteiger partial charge in [-0.05, 0) is 50.2 Å². The van der Waals surface area contributed by atoms with Crippen LogP contribution in [0.3, 0.4) is 0 Å². The highest BCUT2D eigenvalue weighted by atomic mass is 35.5. The highest BCUT2D eigenvalue weighted by Gasteiger charge is 2.35. The monoisotopic (exact) mass is 320 g/mol. The van der Waals surface area contributed by atoms with Gasteiger partial charge in [-0.25, -0.2) is 0 Å². The fourth-order valence-corrected chi connectivity index (χ4v) is 4.26. The molecule has 3 unspecified atom stereocenters. The second kappa shape index (κ2) is 6.59. The quantitative estimate of drug-likeness (QED) is 0.915. The smallest absolute Gasteiger partial charge is 0.223 e. The molecule has 0 radical (unpaired) electrons. The number of rotatable bonds is 4. The molecule has 2 aliphatic rings. The van der Waals surface area contributed by atoms with E-state index >= 15 is 0 Å². The maximum atomic E-state index is 12.6. The van der Waals surface area contributed by atoms with Gasteiger partial charge in [-0.3, -0.25) is 4.79 Å². The highest BCUT2D eigenvalue weighted by molar-refractivity contribution is 6.31. The van der Waals surface area contributed by atoms with Crippen LogP contribution in [0.1, 0.15) is 50.6 Å². The Hall–Kier alpha value is -1.06. The van der Waals surface area contributed by atoms with Crippen LogP contribution in [0.4, 0.5) is 0 Å². The number of piperidine rings is 1. The number of hydrogen-bond acceptors (Lipinski definition) is 2. The second-order valence-corrected chi connectivity index (χ2v) is 7.29. The third-order valence-corrected chi connectivity index (χ3v) is 5.71. The van der Waals surface area contributed by atoms with E-state index in [0.29, 0.717) is 24.4 Å². The number of fused-ring (bicyclic) bond motifs is 2. The lowest BCUT2D eigenvalue weighted by Gasteiger charge is -2.32. The molecule has 2 saturated heterocycles. The summed E-state index contributed by atoms with van der Waals surface area (Å²) in [4.78, 5) is 14.5. The molecule has 120 valence electrons. The fraction of sp³-hybridized carbons (Fsp3) is 0.611. The van der Waals surface area contributed by atoms with Crippen molar-refractivity contribution in [3.05, 3.63) is 34.9 Å². The van der Waals surface area contributed by atoms with Crippen molar-refractivity contribution in [1.29, 1.82) is 0 Å². The van der Waals surface area contributed by atoms with E-state index in [1.165, 1.54) is 12.8 Å². The van der Waals surface area contributed by atoms with E-state index in [4.69, 9.17) is 11.6 Å².